The molecule has 7 rings (SSSR count). The Balaban J connectivity index is 1.12. The third-order valence-electron chi connectivity index (χ3n) is 9.20. The third kappa shape index (κ3) is 7.79. The van der Waals surface area contributed by atoms with Gasteiger partial charge in [-0.3, -0.25) is 19.3 Å². The van der Waals surface area contributed by atoms with E-state index in [0.717, 1.165) is 27.8 Å². The van der Waals surface area contributed by atoms with Crippen LogP contribution in [-0.2, 0) is 28.7 Å². The van der Waals surface area contributed by atoms with Gasteiger partial charge < -0.3 is 14.8 Å². The smallest absolute Gasteiger partial charge is 0.356 e. The van der Waals surface area contributed by atoms with E-state index in [4.69, 9.17) is 9.47 Å². The number of ether oxygens (including phenoxy) is 2. The molecule has 1 saturated heterocycles. The first-order valence-electron chi connectivity index (χ1n) is 17.1. The lowest BCUT2D eigenvalue weighted by atomic mass is 9.95. The molecule has 0 saturated carbocycles. The van der Waals surface area contributed by atoms with Crippen LogP contribution in [0.3, 0.4) is 0 Å². The van der Waals surface area contributed by atoms with Gasteiger partial charge in [0.25, 0.3) is 5.91 Å². The van der Waals surface area contributed by atoms with Gasteiger partial charge >= 0.3 is 11.9 Å². The average Bonchev–Trinajstić information content (AvgIpc) is 3.22. The topological polar surface area (TPSA) is 102 Å². The highest BCUT2D eigenvalue weighted by atomic mass is 127. The maximum Gasteiger partial charge on any atom is 0.356 e. The summed E-state index contributed by atoms with van der Waals surface area (Å²) in [7, 11) is 0. The number of alkyl halides is 1. The molecule has 5 aromatic rings. The number of β-lactam (4-membered cyclic amide) rings is 1. The Kier molecular flexibility index (Phi) is 11.4. The van der Waals surface area contributed by atoms with Crippen molar-refractivity contribution in [1.29, 1.82) is 0 Å². The summed E-state index contributed by atoms with van der Waals surface area (Å²) < 4.78 is 12.9. The molecule has 0 aromatic heterocycles. The normalized spacial score (nSPS) is 17.1. The highest BCUT2D eigenvalue weighted by molar-refractivity contribution is 14.1. The van der Waals surface area contributed by atoms with E-state index in [-0.39, 0.29) is 5.70 Å². The number of nitrogens with zero attached hydrogens (tertiary/aromatic N) is 1. The number of carbonyl (C=O) groups is 4. The first-order chi connectivity index (χ1) is 25.9. The molecule has 0 aliphatic carbocycles. The number of nitrogens with one attached hydrogen (secondary N) is 1. The van der Waals surface area contributed by atoms with Crippen LogP contribution in [-0.4, -0.2) is 50.2 Å². The molecule has 5 aromatic carbocycles. The van der Waals surface area contributed by atoms with Crippen molar-refractivity contribution in [3.05, 3.63) is 191 Å². The Bertz CT molecular complexity index is 2020. The summed E-state index contributed by atoms with van der Waals surface area (Å²) in [4.78, 5) is 57.7. The molecule has 1 unspecified atom stereocenters. The SMILES string of the molecule is O=C(OC(c1ccccc1)c1ccccc1)C1=C(CI)CS[C@@H]2[C@H](NC(=O)C(C(=O)OC(c3ccccc3)c3ccccc3)c3ccccc3)C(=O)N12. The highest BCUT2D eigenvalue weighted by Crippen LogP contribution is 2.42. The molecule has 1 N–H and O–H groups in total. The van der Waals surface area contributed by atoms with Crippen LogP contribution in [0.4, 0.5) is 0 Å². The number of rotatable bonds is 12. The minimum absolute atomic E-state index is 0.197. The maximum atomic E-state index is 14.2. The average molecular weight is 835 g/mol. The summed E-state index contributed by atoms with van der Waals surface area (Å²) in [6.07, 6.45) is -1.46. The van der Waals surface area contributed by atoms with E-state index in [0.29, 0.717) is 15.7 Å². The number of fused-ring (bicyclic) bond motifs is 1. The Morgan fingerprint density at radius 2 is 1.08 bits per heavy atom. The molecule has 8 nitrogen and oxygen atoms in total. The van der Waals surface area contributed by atoms with E-state index in [1.807, 2.05) is 121 Å². The summed E-state index contributed by atoms with van der Waals surface area (Å²) in [5, 5.41) is 2.29. The Labute approximate surface area is 325 Å². The van der Waals surface area contributed by atoms with Gasteiger partial charge in [-0.1, -0.05) is 174 Å². The van der Waals surface area contributed by atoms with E-state index in [1.165, 1.54) is 16.7 Å². The van der Waals surface area contributed by atoms with Crippen molar-refractivity contribution in [2.24, 2.45) is 0 Å². The third-order valence-corrected chi connectivity index (χ3v) is 11.5. The molecule has 53 heavy (non-hydrogen) atoms. The van der Waals surface area contributed by atoms with Crippen molar-refractivity contribution in [2.45, 2.75) is 29.5 Å². The summed E-state index contributed by atoms with van der Waals surface area (Å²) in [6.45, 7) is 0. The van der Waals surface area contributed by atoms with E-state index < -0.39 is 53.3 Å². The highest BCUT2D eigenvalue weighted by Gasteiger charge is 2.55. The molecule has 266 valence electrons. The van der Waals surface area contributed by atoms with Gasteiger partial charge in [0, 0.05) is 10.2 Å². The summed E-state index contributed by atoms with van der Waals surface area (Å²) >= 11 is 3.64. The molecule has 0 bridgehead atoms. The van der Waals surface area contributed by atoms with E-state index in [9.17, 15) is 19.2 Å². The molecule has 10 heteroatoms. The quantitative estimate of drug-likeness (QED) is 0.0457. The van der Waals surface area contributed by atoms with Crippen LogP contribution >= 0.6 is 34.4 Å². The number of carbonyl (C=O) groups excluding carboxylic acids is 4. The molecule has 1 fully saturated rings. The standard InChI is InChI=1S/C43H35IN2O6S/c44-26-33-27-53-41-35(40(48)46(41)36(33)43(50)52-38(31-22-12-4-13-23-31)32-24-14-5-15-25-32)45-39(47)34(28-16-6-1-7-17-28)42(49)51-37(29-18-8-2-9-19-29)30-20-10-3-11-21-30/h1-25,34-35,37-38,41H,26-27H2,(H,45,47)/t34?,35-,41-/m1/s1. The number of thioether (sulfide) groups is 1. The number of benzene rings is 5. The van der Waals surface area contributed by atoms with Crippen LogP contribution in [0.5, 0.6) is 0 Å². The van der Waals surface area contributed by atoms with Crippen LogP contribution in [0.2, 0.25) is 0 Å². The largest absolute Gasteiger partial charge is 0.452 e. The summed E-state index contributed by atoms with van der Waals surface area (Å²) in [6, 6.07) is 45.3. The minimum Gasteiger partial charge on any atom is -0.452 e. The van der Waals surface area contributed by atoms with Crippen LogP contribution in [0.25, 0.3) is 0 Å². The van der Waals surface area contributed by atoms with Gasteiger partial charge in [-0.2, -0.15) is 0 Å². The lowest BCUT2D eigenvalue weighted by Crippen LogP contribution is -2.71. The van der Waals surface area contributed by atoms with E-state index in [1.54, 1.807) is 30.3 Å². The first-order valence-corrected chi connectivity index (χ1v) is 19.7. The number of hydrogen-bond acceptors (Lipinski definition) is 7. The molecule has 0 radical (unpaired) electrons. The Hall–Kier alpha value is -5.20. The molecule has 2 aliphatic rings. The lowest BCUT2D eigenvalue weighted by molar-refractivity contribution is -0.156. The number of hydrogen-bond donors (Lipinski definition) is 1. The van der Waals surface area contributed by atoms with Crippen LogP contribution in [0.15, 0.2) is 163 Å². The fourth-order valence-electron chi connectivity index (χ4n) is 6.57. The zero-order chi connectivity index (χ0) is 36.7. The molecule has 2 amide bonds. The molecule has 2 heterocycles. The van der Waals surface area contributed by atoms with Crippen molar-refractivity contribution >= 4 is 58.1 Å². The van der Waals surface area contributed by atoms with Gasteiger partial charge in [-0.05, 0) is 33.4 Å². The Morgan fingerprint density at radius 3 is 1.51 bits per heavy atom. The second kappa shape index (κ2) is 16.6. The van der Waals surface area contributed by atoms with Crippen molar-refractivity contribution in [1.82, 2.24) is 10.2 Å². The van der Waals surface area contributed by atoms with Gasteiger partial charge in [0.2, 0.25) is 5.91 Å². The van der Waals surface area contributed by atoms with Gasteiger partial charge in [-0.15, -0.1) is 11.8 Å². The molecule has 2 aliphatic heterocycles. The monoisotopic (exact) mass is 834 g/mol. The van der Waals surface area contributed by atoms with Crippen LogP contribution in [0.1, 0.15) is 45.9 Å². The predicted molar refractivity (Wildman–Crippen MR) is 212 cm³/mol. The van der Waals surface area contributed by atoms with Crippen molar-refractivity contribution < 1.29 is 28.7 Å². The fraction of sp³-hybridized carbons (Fsp3) is 0.163. The van der Waals surface area contributed by atoms with Crippen LogP contribution in [0, 0.1) is 0 Å². The summed E-state index contributed by atoms with van der Waals surface area (Å²) in [5.74, 6) is -3.38. The van der Waals surface area contributed by atoms with Gasteiger partial charge in [0.1, 0.15) is 17.1 Å². The molecule has 0 spiro atoms. The van der Waals surface area contributed by atoms with E-state index >= 15 is 0 Å². The number of halogens is 1. The molecule has 3 atom stereocenters. The maximum absolute atomic E-state index is 14.2. The second-order valence-corrected chi connectivity index (χ2v) is 14.4. The van der Waals surface area contributed by atoms with Crippen molar-refractivity contribution in [2.75, 3.05) is 10.2 Å². The molecular weight excluding hydrogens is 799 g/mol. The molecular formula is C43H35IN2O6S. The second-order valence-electron chi connectivity index (χ2n) is 12.6. The van der Waals surface area contributed by atoms with Gasteiger partial charge in [0.15, 0.2) is 18.1 Å². The zero-order valence-electron chi connectivity index (χ0n) is 28.4. The van der Waals surface area contributed by atoms with Crippen molar-refractivity contribution in [3.8, 4) is 0 Å². The van der Waals surface area contributed by atoms with Crippen LogP contribution < -0.4 is 5.32 Å². The van der Waals surface area contributed by atoms with Crippen molar-refractivity contribution in [3.63, 3.8) is 0 Å². The lowest BCUT2D eigenvalue weighted by Gasteiger charge is -2.50. The number of amides is 2. The van der Waals surface area contributed by atoms with Gasteiger partial charge in [-0.25, -0.2) is 4.79 Å². The fourth-order valence-corrected chi connectivity index (χ4v) is 8.91. The van der Waals surface area contributed by atoms with Gasteiger partial charge in [0.05, 0.1) is 0 Å². The predicted octanol–water partition coefficient (Wildman–Crippen LogP) is 7.52. The first kappa shape index (κ1) is 36.2. The summed E-state index contributed by atoms with van der Waals surface area (Å²) in [5.41, 5.74) is 4.50. The number of esters is 2. The van der Waals surface area contributed by atoms with E-state index in [2.05, 4.69) is 27.9 Å². The minimum atomic E-state index is -1.36. The zero-order valence-corrected chi connectivity index (χ0v) is 31.4. The Morgan fingerprint density at radius 1 is 0.660 bits per heavy atom.